The monoisotopic (exact) mass is 301 g/mol. The smallest absolute Gasteiger partial charge is 0.414 e. The predicted molar refractivity (Wildman–Crippen MR) is 79.0 cm³/mol. The second kappa shape index (κ2) is 6.62. The Morgan fingerprint density at radius 2 is 1.64 bits per heavy atom. The minimum absolute atomic E-state index is 0.0483. The van der Waals surface area contributed by atoms with Gasteiger partial charge in [-0.3, -0.25) is 4.79 Å². The number of carbonyl (C=O) groups is 2. The molecule has 2 amide bonds. The van der Waals surface area contributed by atoms with E-state index in [1.165, 1.54) is 12.1 Å². The molecule has 114 valence electrons. The molecule has 0 saturated heterocycles. The van der Waals surface area contributed by atoms with E-state index in [2.05, 4.69) is 0 Å². The van der Waals surface area contributed by atoms with Gasteiger partial charge >= 0.3 is 6.09 Å². The molecule has 0 unspecified atom stereocenters. The summed E-state index contributed by atoms with van der Waals surface area (Å²) in [7, 11) is 0. The maximum atomic E-state index is 12.2. The number of nitrogens with zero attached hydrogens (tertiary/aromatic N) is 1. The first kappa shape index (κ1) is 15.4. The number of carboxylic acid groups (broad SMARTS) is 1. The Hall–Kier alpha value is -3.02. The van der Waals surface area contributed by atoms with E-state index < -0.39 is 12.0 Å². The molecule has 0 heterocycles. The molecule has 0 fully saturated rings. The van der Waals surface area contributed by atoms with Crippen molar-refractivity contribution in [3.05, 3.63) is 59.7 Å². The van der Waals surface area contributed by atoms with Crippen molar-refractivity contribution in [3.8, 4) is 11.5 Å². The van der Waals surface area contributed by atoms with Gasteiger partial charge < -0.3 is 15.3 Å². The fourth-order valence-corrected chi connectivity index (χ4v) is 1.99. The summed E-state index contributed by atoms with van der Waals surface area (Å²) in [6.45, 7) is -0.0483. The number of amides is 2. The van der Waals surface area contributed by atoms with E-state index >= 15 is 0 Å². The third-order valence-corrected chi connectivity index (χ3v) is 3.16. The first-order chi connectivity index (χ1) is 10.5. The van der Waals surface area contributed by atoms with E-state index in [9.17, 15) is 24.9 Å². The summed E-state index contributed by atoms with van der Waals surface area (Å²) < 4.78 is 0. The number of rotatable bonds is 4. The lowest BCUT2D eigenvalue weighted by molar-refractivity contribution is 0.0744. The SMILES string of the molecule is O=C(O)N(CCc1ccc(O)c(O)c1)C(=O)c1ccccc1. The van der Waals surface area contributed by atoms with Crippen LogP contribution < -0.4 is 0 Å². The predicted octanol–water partition coefficient (Wildman–Crippen LogP) is 2.46. The highest BCUT2D eigenvalue weighted by atomic mass is 16.4. The van der Waals surface area contributed by atoms with Gasteiger partial charge in [0.15, 0.2) is 11.5 Å². The normalized spacial score (nSPS) is 10.2. The Morgan fingerprint density at radius 1 is 0.955 bits per heavy atom. The average molecular weight is 301 g/mol. The number of imide groups is 1. The van der Waals surface area contributed by atoms with E-state index in [4.69, 9.17) is 0 Å². The zero-order valence-corrected chi connectivity index (χ0v) is 11.6. The molecule has 0 bridgehead atoms. The molecule has 2 rings (SSSR count). The van der Waals surface area contributed by atoms with Crippen molar-refractivity contribution in [2.75, 3.05) is 6.54 Å². The first-order valence-electron chi connectivity index (χ1n) is 6.59. The van der Waals surface area contributed by atoms with Crippen LogP contribution in [0.4, 0.5) is 4.79 Å². The van der Waals surface area contributed by atoms with Crippen LogP contribution in [0.15, 0.2) is 48.5 Å². The second-order valence-corrected chi connectivity index (χ2v) is 4.68. The van der Waals surface area contributed by atoms with Gasteiger partial charge in [-0.25, -0.2) is 9.69 Å². The lowest BCUT2D eigenvalue weighted by atomic mass is 10.1. The zero-order chi connectivity index (χ0) is 16.1. The van der Waals surface area contributed by atoms with Gasteiger partial charge in [0.05, 0.1) is 0 Å². The number of hydrogen-bond donors (Lipinski definition) is 3. The molecule has 6 nitrogen and oxygen atoms in total. The van der Waals surface area contributed by atoms with E-state index in [0.29, 0.717) is 11.1 Å². The molecule has 0 saturated carbocycles. The van der Waals surface area contributed by atoms with Crippen molar-refractivity contribution < 1.29 is 24.9 Å². The van der Waals surface area contributed by atoms with Crippen molar-refractivity contribution in [1.29, 1.82) is 0 Å². The van der Waals surface area contributed by atoms with Crippen molar-refractivity contribution in [3.63, 3.8) is 0 Å². The molecule has 0 aliphatic carbocycles. The molecule has 0 atom stereocenters. The van der Waals surface area contributed by atoms with Crippen molar-refractivity contribution in [2.45, 2.75) is 6.42 Å². The van der Waals surface area contributed by atoms with Crippen LogP contribution in [0.3, 0.4) is 0 Å². The summed E-state index contributed by atoms with van der Waals surface area (Å²) in [5, 5.41) is 27.8. The van der Waals surface area contributed by atoms with Crippen LogP contribution in [-0.2, 0) is 6.42 Å². The standard InChI is InChI=1S/C16H15NO5/c18-13-7-6-11(10-14(13)19)8-9-17(16(21)22)15(20)12-4-2-1-3-5-12/h1-7,10,18-19H,8-9H2,(H,21,22). The topological polar surface area (TPSA) is 98.1 Å². The Kier molecular flexibility index (Phi) is 4.63. The lowest BCUT2D eigenvalue weighted by Crippen LogP contribution is -2.37. The first-order valence-corrected chi connectivity index (χ1v) is 6.59. The number of carbonyl (C=O) groups excluding carboxylic acids is 1. The largest absolute Gasteiger partial charge is 0.504 e. The Morgan fingerprint density at radius 3 is 2.23 bits per heavy atom. The van der Waals surface area contributed by atoms with Crippen molar-refractivity contribution in [1.82, 2.24) is 4.90 Å². The molecule has 22 heavy (non-hydrogen) atoms. The summed E-state index contributed by atoms with van der Waals surface area (Å²) in [6, 6.07) is 12.4. The van der Waals surface area contributed by atoms with Gasteiger partial charge in [-0.15, -0.1) is 0 Å². The Bertz CT molecular complexity index is 684. The maximum absolute atomic E-state index is 12.2. The molecule has 3 N–H and O–H groups in total. The Balaban J connectivity index is 2.11. The summed E-state index contributed by atoms with van der Waals surface area (Å²) >= 11 is 0. The molecule has 6 heteroatoms. The van der Waals surface area contributed by atoms with Crippen molar-refractivity contribution in [2.24, 2.45) is 0 Å². The van der Waals surface area contributed by atoms with Gasteiger partial charge in [0.25, 0.3) is 5.91 Å². The van der Waals surface area contributed by atoms with Gasteiger partial charge in [-0.05, 0) is 36.2 Å². The summed E-state index contributed by atoms with van der Waals surface area (Å²) in [5.74, 6) is -1.14. The maximum Gasteiger partial charge on any atom is 0.414 e. The van der Waals surface area contributed by atoms with E-state index in [0.717, 1.165) is 4.90 Å². The molecule has 0 radical (unpaired) electrons. The van der Waals surface area contributed by atoms with Crippen LogP contribution >= 0.6 is 0 Å². The average Bonchev–Trinajstić information content (AvgIpc) is 2.51. The summed E-state index contributed by atoms with van der Waals surface area (Å²) in [6.07, 6.45) is -1.10. The number of aromatic hydroxyl groups is 2. The minimum Gasteiger partial charge on any atom is -0.504 e. The molecule has 0 aromatic heterocycles. The summed E-state index contributed by atoms with van der Waals surface area (Å²) in [5.41, 5.74) is 0.904. The molecule has 2 aromatic carbocycles. The van der Waals surface area contributed by atoms with Crippen LogP contribution in [0.25, 0.3) is 0 Å². The molecule has 2 aromatic rings. The molecular formula is C16H15NO5. The Labute approximate surface area is 126 Å². The quantitative estimate of drug-likeness (QED) is 0.753. The number of phenolic OH excluding ortho intramolecular Hbond substituents is 2. The summed E-state index contributed by atoms with van der Waals surface area (Å²) in [4.78, 5) is 24.2. The van der Waals surface area contributed by atoms with Gasteiger partial charge in [0, 0.05) is 12.1 Å². The zero-order valence-electron chi connectivity index (χ0n) is 11.6. The van der Waals surface area contributed by atoms with Gasteiger partial charge in [0.2, 0.25) is 0 Å². The van der Waals surface area contributed by atoms with Crippen LogP contribution in [0, 0.1) is 0 Å². The van der Waals surface area contributed by atoms with E-state index in [1.807, 2.05) is 0 Å². The highest BCUT2D eigenvalue weighted by Gasteiger charge is 2.21. The van der Waals surface area contributed by atoms with E-state index in [-0.39, 0.29) is 24.5 Å². The molecule has 0 spiro atoms. The minimum atomic E-state index is -1.34. The fourth-order valence-electron chi connectivity index (χ4n) is 1.99. The fraction of sp³-hybridized carbons (Fsp3) is 0.125. The van der Waals surface area contributed by atoms with Crippen LogP contribution in [0.5, 0.6) is 11.5 Å². The molecular weight excluding hydrogens is 286 g/mol. The van der Waals surface area contributed by atoms with Crippen LogP contribution in [0.2, 0.25) is 0 Å². The van der Waals surface area contributed by atoms with Crippen LogP contribution in [0.1, 0.15) is 15.9 Å². The molecule has 0 aliphatic rings. The van der Waals surface area contributed by atoms with Gasteiger partial charge in [-0.1, -0.05) is 24.3 Å². The third-order valence-electron chi connectivity index (χ3n) is 3.16. The van der Waals surface area contributed by atoms with Crippen molar-refractivity contribution >= 4 is 12.0 Å². The van der Waals surface area contributed by atoms with Crippen LogP contribution in [-0.4, -0.2) is 38.8 Å². The third kappa shape index (κ3) is 3.54. The van der Waals surface area contributed by atoms with Gasteiger partial charge in [-0.2, -0.15) is 0 Å². The lowest BCUT2D eigenvalue weighted by Gasteiger charge is -2.17. The van der Waals surface area contributed by atoms with E-state index in [1.54, 1.807) is 36.4 Å². The number of benzene rings is 2. The molecule has 0 aliphatic heterocycles. The number of phenols is 2. The number of hydrogen-bond acceptors (Lipinski definition) is 4. The van der Waals surface area contributed by atoms with Gasteiger partial charge in [0.1, 0.15) is 0 Å². The highest BCUT2D eigenvalue weighted by molar-refractivity contribution is 6.02. The second-order valence-electron chi connectivity index (χ2n) is 4.68. The highest BCUT2D eigenvalue weighted by Crippen LogP contribution is 2.25.